The Bertz CT molecular complexity index is 552. The van der Waals surface area contributed by atoms with Gasteiger partial charge in [-0.3, -0.25) is 4.79 Å². The number of carbonyl (C=O) groups excluding carboxylic acids is 1. The van der Waals surface area contributed by atoms with E-state index in [-0.39, 0.29) is 28.8 Å². The molecule has 2 heterocycles. The lowest BCUT2D eigenvalue weighted by Crippen LogP contribution is -2.56. The number of alkyl halides is 3. The number of amides is 1. The average Bonchev–Trinajstić information content (AvgIpc) is 2.95. The third kappa shape index (κ3) is 2.80. The Kier molecular flexibility index (Phi) is 3.83. The highest BCUT2D eigenvalue weighted by molar-refractivity contribution is 5.96. The summed E-state index contributed by atoms with van der Waals surface area (Å²) < 4.78 is 44.3. The van der Waals surface area contributed by atoms with E-state index in [1.165, 1.54) is 12.1 Å². The molecule has 1 aromatic rings. The van der Waals surface area contributed by atoms with E-state index < -0.39 is 24.2 Å². The molecule has 1 amide bonds. The summed E-state index contributed by atoms with van der Waals surface area (Å²) in [7, 11) is 0. The monoisotopic (exact) mass is 304 g/mol. The van der Waals surface area contributed by atoms with Gasteiger partial charge in [0.2, 0.25) is 0 Å². The quantitative estimate of drug-likeness (QED) is 0.933. The Hall–Kier alpha value is -1.83. The second kappa shape index (κ2) is 5.18. The topological polar surface area (TPSA) is 66.0 Å². The first kappa shape index (κ1) is 15.6. The first-order valence-corrected chi connectivity index (χ1v) is 6.38. The molecule has 2 rings (SSSR count). The number of hydrogen-bond acceptors (Lipinski definition) is 4. The zero-order chi connectivity index (χ0) is 15.8. The summed E-state index contributed by atoms with van der Waals surface area (Å²) in [5, 5.41) is 13.7. The summed E-state index contributed by atoms with van der Waals surface area (Å²) in [5.41, 5.74) is -3.20. The molecule has 8 heteroatoms. The van der Waals surface area contributed by atoms with E-state index in [9.17, 15) is 23.1 Å². The third-order valence-electron chi connectivity index (χ3n) is 3.06. The number of rotatable bonds is 3. The van der Waals surface area contributed by atoms with Crippen molar-refractivity contribution in [2.24, 2.45) is 11.0 Å². The van der Waals surface area contributed by atoms with Crippen LogP contribution in [-0.2, 0) is 0 Å². The molecule has 0 aromatic carbocycles. The summed E-state index contributed by atoms with van der Waals surface area (Å²) in [5.74, 6) is -1.38. The van der Waals surface area contributed by atoms with Gasteiger partial charge in [0.05, 0.1) is 6.26 Å². The Labute approximate surface area is 119 Å². The summed E-state index contributed by atoms with van der Waals surface area (Å²) in [6.45, 7) is 3.62. The lowest BCUT2D eigenvalue weighted by Gasteiger charge is -2.32. The molecule has 1 N–H and O–H groups in total. The smallest absolute Gasteiger partial charge is 0.438 e. The molecular formula is C13H15F3N2O3. The van der Waals surface area contributed by atoms with E-state index >= 15 is 0 Å². The van der Waals surface area contributed by atoms with Crippen LogP contribution >= 0.6 is 0 Å². The fourth-order valence-electron chi connectivity index (χ4n) is 2.14. The molecule has 1 aromatic heterocycles. The Morgan fingerprint density at radius 2 is 2.24 bits per heavy atom. The zero-order valence-corrected chi connectivity index (χ0v) is 11.5. The van der Waals surface area contributed by atoms with E-state index in [0.29, 0.717) is 0 Å². The Morgan fingerprint density at radius 3 is 2.71 bits per heavy atom. The molecule has 1 aliphatic rings. The molecule has 21 heavy (non-hydrogen) atoms. The van der Waals surface area contributed by atoms with Crippen LogP contribution in [0.2, 0.25) is 0 Å². The molecule has 1 atom stereocenters. The molecular weight excluding hydrogens is 289 g/mol. The van der Waals surface area contributed by atoms with Crippen LogP contribution in [0, 0.1) is 5.92 Å². The van der Waals surface area contributed by atoms with Crippen LogP contribution in [0.25, 0.3) is 0 Å². The van der Waals surface area contributed by atoms with Crippen LogP contribution in [-0.4, -0.2) is 33.6 Å². The molecule has 0 bridgehead atoms. The normalized spacial score (nSPS) is 22.8. The van der Waals surface area contributed by atoms with Gasteiger partial charge in [0.25, 0.3) is 5.72 Å². The van der Waals surface area contributed by atoms with Gasteiger partial charge in [-0.25, -0.2) is 0 Å². The minimum absolute atomic E-state index is 0.0555. The number of nitrogens with zero attached hydrogens (tertiary/aromatic N) is 2. The minimum Gasteiger partial charge on any atom is -0.459 e. The number of furan rings is 1. The maximum atomic E-state index is 13.2. The maximum absolute atomic E-state index is 13.2. The van der Waals surface area contributed by atoms with Crippen molar-refractivity contribution in [3.05, 3.63) is 24.2 Å². The number of aliphatic hydroxyl groups is 1. The van der Waals surface area contributed by atoms with Gasteiger partial charge in [0, 0.05) is 12.1 Å². The maximum Gasteiger partial charge on any atom is 0.438 e. The number of hydrogen-bond donors (Lipinski definition) is 1. The molecule has 1 aliphatic heterocycles. The van der Waals surface area contributed by atoms with Crippen molar-refractivity contribution in [2.75, 3.05) is 0 Å². The lowest BCUT2D eigenvalue weighted by atomic mass is 9.99. The van der Waals surface area contributed by atoms with Crippen molar-refractivity contribution in [1.29, 1.82) is 0 Å². The molecule has 5 nitrogen and oxygen atoms in total. The Morgan fingerprint density at radius 1 is 1.57 bits per heavy atom. The highest BCUT2D eigenvalue weighted by Gasteiger charge is 2.63. The van der Waals surface area contributed by atoms with Crippen LogP contribution in [0.1, 0.15) is 37.2 Å². The van der Waals surface area contributed by atoms with E-state index in [1.807, 2.05) is 13.8 Å². The second-order valence-corrected chi connectivity index (χ2v) is 5.35. The molecule has 0 fully saturated rings. The fraction of sp³-hybridized carbons (Fsp3) is 0.538. The van der Waals surface area contributed by atoms with Crippen molar-refractivity contribution in [2.45, 2.75) is 38.6 Å². The highest BCUT2D eigenvalue weighted by atomic mass is 19.4. The van der Waals surface area contributed by atoms with Gasteiger partial charge in [0.1, 0.15) is 0 Å². The van der Waals surface area contributed by atoms with Crippen molar-refractivity contribution in [1.82, 2.24) is 5.01 Å². The van der Waals surface area contributed by atoms with Crippen molar-refractivity contribution in [3.8, 4) is 0 Å². The van der Waals surface area contributed by atoms with E-state index in [0.717, 1.165) is 6.26 Å². The van der Waals surface area contributed by atoms with Gasteiger partial charge in [0.15, 0.2) is 5.76 Å². The second-order valence-electron chi connectivity index (χ2n) is 5.35. The fourth-order valence-corrected chi connectivity index (χ4v) is 2.14. The van der Waals surface area contributed by atoms with Crippen molar-refractivity contribution < 1.29 is 27.5 Å². The number of carbonyl (C=O) groups is 1. The van der Waals surface area contributed by atoms with E-state index in [4.69, 9.17) is 4.42 Å². The standard InChI is InChI=1S/C13H15F3N2O3/c1-8(2)6-9-7-12(20,13(14,15)16)18(17-9)11(19)10-4-3-5-21-10/h3-5,8,20H,6-7H2,1-2H3/t12-/m1/s1. The van der Waals surface area contributed by atoms with Crippen LogP contribution < -0.4 is 0 Å². The molecule has 0 spiro atoms. The minimum atomic E-state index is -5.02. The summed E-state index contributed by atoms with van der Waals surface area (Å²) in [4.78, 5) is 12.1. The molecule has 116 valence electrons. The van der Waals surface area contributed by atoms with Crippen molar-refractivity contribution in [3.63, 3.8) is 0 Å². The lowest BCUT2D eigenvalue weighted by molar-refractivity contribution is -0.297. The van der Waals surface area contributed by atoms with Gasteiger partial charge in [-0.15, -0.1) is 0 Å². The SMILES string of the molecule is CC(C)CC1=NN(C(=O)c2ccco2)[C@](O)(C(F)(F)F)C1. The molecule has 0 aliphatic carbocycles. The van der Waals surface area contributed by atoms with E-state index in [2.05, 4.69) is 5.10 Å². The van der Waals surface area contributed by atoms with Crippen molar-refractivity contribution >= 4 is 11.6 Å². The average molecular weight is 304 g/mol. The van der Waals surface area contributed by atoms with Crippen LogP contribution in [0.3, 0.4) is 0 Å². The van der Waals surface area contributed by atoms with Gasteiger partial charge in [-0.1, -0.05) is 13.8 Å². The third-order valence-corrected chi connectivity index (χ3v) is 3.06. The summed E-state index contributed by atoms with van der Waals surface area (Å²) >= 11 is 0. The van der Waals surface area contributed by atoms with Crippen LogP contribution in [0.4, 0.5) is 13.2 Å². The Balaban J connectivity index is 2.36. The molecule has 0 saturated carbocycles. The van der Waals surface area contributed by atoms with E-state index in [1.54, 1.807) is 0 Å². The van der Waals surface area contributed by atoms with Gasteiger partial charge in [-0.05, 0) is 24.5 Å². The first-order chi connectivity index (χ1) is 9.65. The van der Waals surface area contributed by atoms with Crippen LogP contribution in [0.15, 0.2) is 27.9 Å². The van der Waals surface area contributed by atoms with Crippen LogP contribution in [0.5, 0.6) is 0 Å². The molecule has 0 unspecified atom stereocenters. The zero-order valence-electron chi connectivity index (χ0n) is 11.5. The van der Waals surface area contributed by atoms with Gasteiger partial charge in [-0.2, -0.15) is 23.3 Å². The number of halogens is 3. The first-order valence-electron chi connectivity index (χ1n) is 6.38. The van der Waals surface area contributed by atoms with Gasteiger partial charge >= 0.3 is 12.1 Å². The van der Waals surface area contributed by atoms with Gasteiger partial charge < -0.3 is 9.52 Å². The summed E-state index contributed by atoms with van der Waals surface area (Å²) in [6.07, 6.45) is -4.34. The molecule has 0 radical (unpaired) electrons. The predicted molar refractivity (Wildman–Crippen MR) is 67.4 cm³/mol. The number of hydrazone groups is 1. The highest BCUT2D eigenvalue weighted by Crippen LogP contribution is 2.41. The summed E-state index contributed by atoms with van der Waals surface area (Å²) in [6, 6.07) is 2.59. The molecule has 0 saturated heterocycles. The largest absolute Gasteiger partial charge is 0.459 e. The predicted octanol–water partition coefficient (Wildman–Crippen LogP) is 2.78.